The number of pyridine rings is 1. The number of aromatic nitrogens is 1. The van der Waals surface area contributed by atoms with E-state index in [0.717, 1.165) is 11.3 Å². The maximum atomic E-state index is 12.0. The third-order valence-electron chi connectivity index (χ3n) is 2.91. The van der Waals surface area contributed by atoms with Gasteiger partial charge in [-0.3, -0.25) is 4.79 Å². The number of benzene rings is 1. The van der Waals surface area contributed by atoms with Gasteiger partial charge in [-0.05, 0) is 12.1 Å². The van der Waals surface area contributed by atoms with Crippen molar-refractivity contribution < 1.29 is 9.36 Å². The SMILES string of the molecule is Cc1cccc[n+]1CC(=O)Nc1cccc(C(N)=S)c1. The molecule has 0 aliphatic heterocycles. The lowest BCUT2D eigenvalue weighted by molar-refractivity contribution is -0.690. The second-order valence-electron chi connectivity index (χ2n) is 4.46. The number of hydrogen-bond acceptors (Lipinski definition) is 2. The van der Waals surface area contributed by atoms with Crippen LogP contribution in [0.25, 0.3) is 0 Å². The fourth-order valence-electron chi connectivity index (χ4n) is 1.84. The number of carbonyl (C=O) groups is 1. The molecule has 1 heterocycles. The number of amides is 1. The molecule has 102 valence electrons. The Kier molecular flexibility index (Phi) is 4.42. The third kappa shape index (κ3) is 3.61. The summed E-state index contributed by atoms with van der Waals surface area (Å²) in [6.07, 6.45) is 1.88. The summed E-state index contributed by atoms with van der Waals surface area (Å²) in [6, 6.07) is 13.0. The highest BCUT2D eigenvalue weighted by Crippen LogP contribution is 2.10. The van der Waals surface area contributed by atoms with Crippen LogP contribution in [0.5, 0.6) is 0 Å². The van der Waals surface area contributed by atoms with Crippen molar-refractivity contribution in [2.24, 2.45) is 5.73 Å². The number of carbonyl (C=O) groups excluding carboxylic acids is 1. The van der Waals surface area contributed by atoms with E-state index >= 15 is 0 Å². The highest BCUT2D eigenvalue weighted by atomic mass is 32.1. The molecule has 0 saturated carbocycles. The molecule has 5 heteroatoms. The van der Waals surface area contributed by atoms with Crippen LogP contribution in [0.3, 0.4) is 0 Å². The van der Waals surface area contributed by atoms with Gasteiger partial charge in [0.1, 0.15) is 4.99 Å². The van der Waals surface area contributed by atoms with Crippen molar-refractivity contribution in [3.05, 3.63) is 59.9 Å². The zero-order chi connectivity index (χ0) is 14.5. The molecule has 4 nitrogen and oxygen atoms in total. The molecule has 0 aliphatic rings. The molecule has 0 radical (unpaired) electrons. The van der Waals surface area contributed by atoms with Crippen LogP contribution in [-0.4, -0.2) is 10.9 Å². The summed E-state index contributed by atoms with van der Waals surface area (Å²) in [5.74, 6) is -0.0932. The van der Waals surface area contributed by atoms with E-state index in [4.69, 9.17) is 18.0 Å². The number of nitrogens with two attached hydrogens (primary N) is 1. The van der Waals surface area contributed by atoms with Crippen molar-refractivity contribution in [3.8, 4) is 0 Å². The van der Waals surface area contributed by atoms with Gasteiger partial charge in [-0.1, -0.05) is 30.4 Å². The molecule has 2 aromatic rings. The van der Waals surface area contributed by atoms with E-state index in [2.05, 4.69) is 5.32 Å². The Hall–Kier alpha value is -2.27. The Balaban J connectivity index is 2.07. The smallest absolute Gasteiger partial charge is 0.290 e. The molecule has 3 N–H and O–H groups in total. The molecule has 1 aromatic heterocycles. The molecule has 0 unspecified atom stereocenters. The van der Waals surface area contributed by atoms with Crippen molar-refractivity contribution in [3.63, 3.8) is 0 Å². The number of thiocarbonyl (C=S) groups is 1. The first-order valence-corrected chi connectivity index (χ1v) is 6.62. The minimum atomic E-state index is -0.0932. The number of anilines is 1. The molecule has 0 saturated heterocycles. The summed E-state index contributed by atoms with van der Waals surface area (Å²) < 4.78 is 1.88. The van der Waals surface area contributed by atoms with Crippen LogP contribution in [0.2, 0.25) is 0 Å². The predicted octanol–water partition coefficient (Wildman–Crippen LogP) is 1.56. The van der Waals surface area contributed by atoms with Crippen LogP contribution in [0.1, 0.15) is 11.3 Å². The van der Waals surface area contributed by atoms with E-state index in [1.54, 1.807) is 6.07 Å². The van der Waals surface area contributed by atoms with E-state index in [0.29, 0.717) is 10.7 Å². The number of nitrogens with one attached hydrogen (secondary N) is 1. The summed E-state index contributed by atoms with van der Waals surface area (Å²) in [4.78, 5) is 12.3. The van der Waals surface area contributed by atoms with Gasteiger partial charge in [-0.2, -0.15) is 4.57 Å². The number of aryl methyl sites for hydroxylation is 1. The Morgan fingerprint density at radius 2 is 2.10 bits per heavy atom. The van der Waals surface area contributed by atoms with Crippen LogP contribution in [0.15, 0.2) is 48.7 Å². The summed E-state index contributed by atoms with van der Waals surface area (Å²) in [5.41, 5.74) is 8.03. The molecule has 1 aromatic carbocycles. The van der Waals surface area contributed by atoms with Crippen LogP contribution < -0.4 is 15.6 Å². The maximum Gasteiger partial charge on any atom is 0.290 e. The van der Waals surface area contributed by atoms with Gasteiger partial charge in [0.25, 0.3) is 5.91 Å². The Labute approximate surface area is 123 Å². The molecular weight excluding hydrogens is 270 g/mol. The van der Waals surface area contributed by atoms with Gasteiger partial charge < -0.3 is 11.1 Å². The molecule has 2 rings (SSSR count). The van der Waals surface area contributed by atoms with Crippen LogP contribution in [0, 0.1) is 6.92 Å². The van der Waals surface area contributed by atoms with Gasteiger partial charge in [0.2, 0.25) is 6.54 Å². The summed E-state index contributed by atoms with van der Waals surface area (Å²) in [5, 5.41) is 2.84. The summed E-state index contributed by atoms with van der Waals surface area (Å²) in [6.45, 7) is 2.23. The quantitative estimate of drug-likeness (QED) is 0.662. The molecule has 1 amide bonds. The van der Waals surface area contributed by atoms with E-state index < -0.39 is 0 Å². The van der Waals surface area contributed by atoms with Crippen LogP contribution >= 0.6 is 12.2 Å². The Morgan fingerprint density at radius 1 is 1.30 bits per heavy atom. The monoisotopic (exact) mass is 286 g/mol. The van der Waals surface area contributed by atoms with E-state index in [9.17, 15) is 4.79 Å². The van der Waals surface area contributed by atoms with Crippen LogP contribution in [-0.2, 0) is 11.3 Å². The largest absolute Gasteiger partial charge is 0.389 e. The molecule has 0 bridgehead atoms. The van der Waals surface area contributed by atoms with Gasteiger partial charge in [0.05, 0.1) is 0 Å². The highest BCUT2D eigenvalue weighted by Gasteiger charge is 2.12. The number of rotatable bonds is 4. The topological polar surface area (TPSA) is 59.0 Å². The van der Waals surface area contributed by atoms with E-state index in [1.165, 1.54) is 0 Å². The lowest BCUT2D eigenvalue weighted by atomic mass is 10.2. The molecule has 20 heavy (non-hydrogen) atoms. The normalized spacial score (nSPS) is 10.1. The maximum absolute atomic E-state index is 12.0. The van der Waals surface area contributed by atoms with Crippen molar-refractivity contribution >= 4 is 28.8 Å². The lowest BCUT2D eigenvalue weighted by Crippen LogP contribution is -2.42. The average molecular weight is 286 g/mol. The number of nitrogens with zero attached hydrogens (tertiary/aromatic N) is 1. The lowest BCUT2D eigenvalue weighted by Gasteiger charge is -2.06. The average Bonchev–Trinajstić information content (AvgIpc) is 2.41. The number of hydrogen-bond donors (Lipinski definition) is 2. The predicted molar refractivity (Wildman–Crippen MR) is 82.3 cm³/mol. The van der Waals surface area contributed by atoms with Gasteiger partial charge in [-0.25, -0.2) is 0 Å². The van der Waals surface area contributed by atoms with Gasteiger partial charge >= 0.3 is 0 Å². The van der Waals surface area contributed by atoms with Crippen LogP contribution in [0.4, 0.5) is 5.69 Å². The highest BCUT2D eigenvalue weighted by molar-refractivity contribution is 7.80. The first kappa shape index (κ1) is 14.1. The molecule has 0 fully saturated rings. The zero-order valence-corrected chi connectivity index (χ0v) is 12.0. The fraction of sp³-hybridized carbons (Fsp3) is 0.133. The summed E-state index contributed by atoms with van der Waals surface area (Å²) in [7, 11) is 0. The Morgan fingerprint density at radius 3 is 2.80 bits per heavy atom. The third-order valence-corrected chi connectivity index (χ3v) is 3.15. The van der Waals surface area contributed by atoms with Crippen molar-refractivity contribution in [2.45, 2.75) is 13.5 Å². The van der Waals surface area contributed by atoms with E-state index in [-0.39, 0.29) is 12.5 Å². The van der Waals surface area contributed by atoms with Gasteiger partial charge in [-0.15, -0.1) is 0 Å². The zero-order valence-electron chi connectivity index (χ0n) is 11.2. The van der Waals surface area contributed by atoms with Gasteiger partial charge in [0.15, 0.2) is 11.9 Å². The van der Waals surface area contributed by atoms with Crippen molar-refractivity contribution in [1.82, 2.24) is 0 Å². The second-order valence-corrected chi connectivity index (χ2v) is 4.90. The van der Waals surface area contributed by atoms with Crippen molar-refractivity contribution in [2.75, 3.05) is 5.32 Å². The summed E-state index contributed by atoms with van der Waals surface area (Å²) >= 11 is 4.92. The first-order valence-electron chi connectivity index (χ1n) is 6.21. The van der Waals surface area contributed by atoms with Gasteiger partial charge in [0, 0.05) is 30.3 Å². The van der Waals surface area contributed by atoms with E-state index in [1.807, 2.05) is 54.1 Å². The fourth-order valence-corrected chi connectivity index (χ4v) is 1.97. The molecule has 0 spiro atoms. The second kappa shape index (κ2) is 6.25. The molecule has 0 atom stereocenters. The Bertz CT molecular complexity index is 655. The molecule has 0 aliphatic carbocycles. The minimum absolute atomic E-state index is 0.0932. The standard InChI is InChI=1S/C15H15N3OS/c1-11-5-2-3-8-18(11)10-14(19)17-13-7-4-6-12(9-13)15(16)20/h2-9H,10H2,1H3,(H2-,16,17,19,20)/p+1. The minimum Gasteiger partial charge on any atom is -0.389 e. The van der Waals surface area contributed by atoms with Crippen molar-refractivity contribution in [1.29, 1.82) is 0 Å². The molecular formula is C15H16N3OS+. The first-order chi connectivity index (χ1) is 9.56.